The molecule has 2 rings (SSSR count). The molecule has 0 spiro atoms. The van der Waals surface area contributed by atoms with Crippen LogP contribution in [0.15, 0.2) is 6.33 Å². The van der Waals surface area contributed by atoms with Crippen LogP contribution in [0.5, 0.6) is 0 Å². The first kappa shape index (κ1) is 15.0. The normalized spacial score (nSPS) is 22.3. The number of aliphatic hydroxyl groups is 2. The zero-order valence-electron chi connectivity index (χ0n) is 12.2. The van der Waals surface area contributed by atoms with Crippen molar-refractivity contribution in [2.45, 2.75) is 45.3 Å². The maximum Gasteiger partial charge on any atom is 0.137 e. The van der Waals surface area contributed by atoms with Crippen LogP contribution < -0.4 is 10.2 Å². The monoisotopic (exact) mass is 280 g/mol. The maximum absolute atomic E-state index is 9.71. The second-order valence-electron chi connectivity index (χ2n) is 5.24. The molecule has 6 nitrogen and oxygen atoms in total. The van der Waals surface area contributed by atoms with E-state index >= 15 is 0 Å². The molecule has 0 amide bonds. The summed E-state index contributed by atoms with van der Waals surface area (Å²) >= 11 is 0. The lowest BCUT2D eigenvalue weighted by molar-refractivity contribution is 0.0572. The van der Waals surface area contributed by atoms with Crippen LogP contribution in [0, 0.1) is 0 Å². The summed E-state index contributed by atoms with van der Waals surface area (Å²) in [5.74, 6) is 1.70. The Labute approximate surface area is 119 Å². The molecule has 1 aromatic heterocycles. The molecule has 112 valence electrons. The summed E-state index contributed by atoms with van der Waals surface area (Å²) in [5.41, 5.74) is 1.07. The summed E-state index contributed by atoms with van der Waals surface area (Å²) in [6, 6.07) is 0. The van der Waals surface area contributed by atoms with Crippen LogP contribution in [0.25, 0.3) is 0 Å². The highest BCUT2D eigenvalue weighted by atomic mass is 16.3. The Balaban J connectivity index is 2.27. The predicted octanol–water partition coefficient (Wildman–Crippen LogP) is 0.793. The quantitative estimate of drug-likeness (QED) is 0.715. The molecule has 1 saturated heterocycles. The number of rotatable bonds is 6. The predicted molar refractivity (Wildman–Crippen MR) is 79.0 cm³/mol. The maximum atomic E-state index is 9.71. The summed E-state index contributed by atoms with van der Waals surface area (Å²) in [7, 11) is 0. The highest BCUT2D eigenvalue weighted by Crippen LogP contribution is 2.27. The van der Waals surface area contributed by atoms with Crippen molar-refractivity contribution in [2.24, 2.45) is 0 Å². The average molecular weight is 280 g/mol. The summed E-state index contributed by atoms with van der Waals surface area (Å²) < 4.78 is 0. The average Bonchev–Trinajstić information content (AvgIpc) is 2.77. The van der Waals surface area contributed by atoms with Crippen molar-refractivity contribution in [1.29, 1.82) is 0 Å². The second-order valence-corrected chi connectivity index (χ2v) is 5.24. The molecule has 6 heteroatoms. The third-order valence-corrected chi connectivity index (χ3v) is 3.52. The number of aromatic nitrogens is 2. The van der Waals surface area contributed by atoms with E-state index in [1.165, 1.54) is 0 Å². The van der Waals surface area contributed by atoms with Crippen molar-refractivity contribution in [3.8, 4) is 0 Å². The lowest BCUT2D eigenvalue weighted by atomic mass is 10.1. The highest BCUT2D eigenvalue weighted by Gasteiger charge is 2.32. The van der Waals surface area contributed by atoms with Gasteiger partial charge in [0.15, 0.2) is 0 Å². The first-order valence-electron chi connectivity index (χ1n) is 7.36. The van der Waals surface area contributed by atoms with Gasteiger partial charge in [-0.2, -0.15) is 0 Å². The molecule has 1 fully saturated rings. The summed E-state index contributed by atoms with van der Waals surface area (Å²) in [4.78, 5) is 10.6. The molecule has 1 aliphatic rings. The van der Waals surface area contributed by atoms with Crippen molar-refractivity contribution in [3.63, 3.8) is 0 Å². The SMILES string of the molecule is CCCNc1ncnc(N2CC(O)C(O)C2)c1CCC. The van der Waals surface area contributed by atoms with Crippen LogP contribution in [0.4, 0.5) is 11.6 Å². The van der Waals surface area contributed by atoms with Gasteiger partial charge in [-0.15, -0.1) is 0 Å². The number of hydrogen-bond donors (Lipinski definition) is 3. The van der Waals surface area contributed by atoms with Gasteiger partial charge in [-0.3, -0.25) is 0 Å². The molecule has 2 unspecified atom stereocenters. The molecule has 2 atom stereocenters. The molecule has 1 aliphatic heterocycles. The minimum absolute atomic E-state index is 0.419. The van der Waals surface area contributed by atoms with E-state index in [0.717, 1.165) is 43.0 Å². The highest BCUT2D eigenvalue weighted by molar-refractivity contribution is 5.59. The minimum atomic E-state index is -0.702. The Morgan fingerprint density at radius 1 is 1.20 bits per heavy atom. The van der Waals surface area contributed by atoms with Gasteiger partial charge in [0.2, 0.25) is 0 Å². The van der Waals surface area contributed by atoms with Crippen LogP contribution >= 0.6 is 0 Å². The van der Waals surface area contributed by atoms with Crippen molar-refractivity contribution >= 4 is 11.6 Å². The fraction of sp³-hybridized carbons (Fsp3) is 0.714. The second kappa shape index (κ2) is 6.85. The first-order valence-corrected chi connectivity index (χ1v) is 7.36. The van der Waals surface area contributed by atoms with E-state index in [4.69, 9.17) is 0 Å². The van der Waals surface area contributed by atoms with Crippen molar-refractivity contribution in [3.05, 3.63) is 11.9 Å². The molecule has 0 radical (unpaired) electrons. The van der Waals surface area contributed by atoms with Crippen LogP contribution in [-0.4, -0.2) is 52.0 Å². The Hall–Kier alpha value is -1.40. The third-order valence-electron chi connectivity index (χ3n) is 3.52. The minimum Gasteiger partial charge on any atom is -0.389 e. The van der Waals surface area contributed by atoms with Gasteiger partial charge in [0.05, 0.1) is 12.2 Å². The molecule has 0 bridgehead atoms. The topological polar surface area (TPSA) is 81.5 Å². The van der Waals surface area contributed by atoms with Gasteiger partial charge < -0.3 is 20.4 Å². The molecule has 0 aromatic carbocycles. The van der Waals surface area contributed by atoms with E-state index in [2.05, 4.69) is 29.1 Å². The molecule has 1 aromatic rings. The summed E-state index contributed by atoms with van der Waals surface area (Å²) in [5, 5.41) is 22.8. The van der Waals surface area contributed by atoms with Crippen molar-refractivity contribution in [1.82, 2.24) is 9.97 Å². The van der Waals surface area contributed by atoms with E-state index in [1.807, 2.05) is 4.90 Å². The number of aliphatic hydroxyl groups excluding tert-OH is 2. The van der Waals surface area contributed by atoms with Crippen LogP contribution in [0.1, 0.15) is 32.3 Å². The van der Waals surface area contributed by atoms with Gasteiger partial charge in [-0.05, 0) is 12.8 Å². The Bertz CT molecular complexity index is 431. The van der Waals surface area contributed by atoms with E-state index in [1.54, 1.807) is 6.33 Å². The van der Waals surface area contributed by atoms with Crippen LogP contribution in [0.2, 0.25) is 0 Å². The Kier molecular flexibility index (Phi) is 5.14. The standard InChI is InChI=1S/C14H24N4O2/c1-3-5-10-13(15-6-4-2)16-9-17-14(10)18-7-11(19)12(20)8-18/h9,11-12,19-20H,3-8H2,1-2H3,(H,15,16,17). The zero-order chi connectivity index (χ0) is 14.5. The number of anilines is 2. The van der Waals surface area contributed by atoms with Gasteiger partial charge in [-0.25, -0.2) is 9.97 Å². The molecule has 3 N–H and O–H groups in total. The molecule has 0 saturated carbocycles. The number of β-amino-alcohol motifs (C(OH)–C–C–N with tert-alkyl or cyclic N) is 2. The van der Waals surface area contributed by atoms with Crippen molar-refractivity contribution in [2.75, 3.05) is 29.9 Å². The van der Waals surface area contributed by atoms with E-state index in [0.29, 0.717) is 13.1 Å². The van der Waals surface area contributed by atoms with E-state index < -0.39 is 12.2 Å². The first-order chi connectivity index (χ1) is 9.67. The number of nitrogens with zero attached hydrogens (tertiary/aromatic N) is 3. The van der Waals surface area contributed by atoms with Gasteiger partial charge in [-0.1, -0.05) is 20.3 Å². The molecule has 0 aliphatic carbocycles. The molecule has 2 heterocycles. The largest absolute Gasteiger partial charge is 0.389 e. The Morgan fingerprint density at radius 2 is 1.90 bits per heavy atom. The summed E-state index contributed by atoms with van der Waals surface area (Å²) in [6.45, 7) is 5.94. The van der Waals surface area contributed by atoms with E-state index in [-0.39, 0.29) is 0 Å². The number of nitrogens with one attached hydrogen (secondary N) is 1. The van der Waals surface area contributed by atoms with Crippen LogP contribution in [0.3, 0.4) is 0 Å². The van der Waals surface area contributed by atoms with Gasteiger partial charge in [0.25, 0.3) is 0 Å². The van der Waals surface area contributed by atoms with Crippen LogP contribution in [-0.2, 0) is 6.42 Å². The van der Waals surface area contributed by atoms with Crippen molar-refractivity contribution < 1.29 is 10.2 Å². The fourth-order valence-electron chi connectivity index (χ4n) is 2.49. The Morgan fingerprint density at radius 3 is 2.50 bits per heavy atom. The van der Waals surface area contributed by atoms with Gasteiger partial charge in [0, 0.05) is 25.2 Å². The summed E-state index contributed by atoms with van der Waals surface area (Å²) in [6.07, 6.45) is 3.05. The zero-order valence-corrected chi connectivity index (χ0v) is 12.2. The molecular weight excluding hydrogens is 256 g/mol. The lowest BCUT2D eigenvalue weighted by Gasteiger charge is -2.21. The smallest absolute Gasteiger partial charge is 0.137 e. The fourth-order valence-corrected chi connectivity index (χ4v) is 2.49. The van der Waals surface area contributed by atoms with Gasteiger partial charge in [0.1, 0.15) is 18.0 Å². The lowest BCUT2D eigenvalue weighted by Crippen LogP contribution is -2.24. The van der Waals surface area contributed by atoms with E-state index in [9.17, 15) is 10.2 Å². The van der Waals surface area contributed by atoms with Gasteiger partial charge >= 0.3 is 0 Å². The molecular formula is C14H24N4O2. The third kappa shape index (κ3) is 3.19. The number of hydrogen-bond acceptors (Lipinski definition) is 6. The molecule has 20 heavy (non-hydrogen) atoms.